The third-order valence-electron chi connectivity index (χ3n) is 4.00. The predicted molar refractivity (Wildman–Crippen MR) is 95.7 cm³/mol. The summed E-state index contributed by atoms with van der Waals surface area (Å²) in [7, 11) is 0. The highest BCUT2D eigenvalue weighted by molar-refractivity contribution is 5.75. The molecule has 4 nitrogen and oxygen atoms in total. The molecule has 130 valence electrons. The maximum Gasteiger partial charge on any atom is 0.220 e. The Kier molecular flexibility index (Phi) is 10.3. The molecule has 1 aromatic carbocycles. The number of hydrogen-bond acceptors (Lipinski definition) is 3. The van der Waals surface area contributed by atoms with E-state index in [1.165, 1.54) is 11.1 Å². The molecule has 1 amide bonds. The Morgan fingerprint density at radius 3 is 2.48 bits per heavy atom. The number of aryl methyl sites for hydroxylation is 2. The van der Waals surface area contributed by atoms with Gasteiger partial charge in [-0.15, -0.1) is 0 Å². The molecule has 0 heterocycles. The van der Waals surface area contributed by atoms with Crippen LogP contribution in [-0.2, 0) is 16.0 Å². The Labute approximate surface area is 141 Å². The molecule has 0 atom stereocenters. The molecule has 0 spiro atoms. The largest absolute Gasteiger partial charge is 0.378 e. The van der Waals surface area contributed by atoms with E-state index in [4.69, 9.17) is 4.74 Å². The lowest BCUT2D eigenvalue weighted by atomic mass is 10.1. The van der Waals surface area contributed by atoms with Gasteiger partial charge < -0.3 is 15.0 Å². The zero-order chi connectivity index (χ0) is 16.9. The van der Waals surface area contributed by atoms with Crippen LogP contribution >= 0.6 is 0 Å². The van der Waals surface area contributed by atoms with E-state index >= 15 is 0 Å². The lowest BCUT2D eigenvalue weighted by Gasteiger charge is -2.17. The first-order chi connectivity index (χ1) is 11.2. The van der Waals surface area contributed by atoms with E-state index in [2.05, 4.69) is 55.3 Å². The van der Waals surface area contributed by atoms with Gasteiger partial charge in [-0.2, -0.15) is 0 Å². The molecule has 0 bridgehead atoms. The summed E-state index contributed by atoms with van der Waals surface area (Å²) in [5.74, 6) is 0.115. The van der Waals surface area contributed by atoms with E-state index in [-0.39, 0.29) is 5.91 Å². The van der Waals surface area contributed by atoms with Gasteiger partial charge in [0.2, 0.25) is 5.91 Å². The van der Waals surface area contributed by atoms with Gasteiger partial charge in [0.05, 0.1) is 13.2 Å². The maximum atomic E-state index is 11.7. The molecule has 0 saturated heterocycles. The second-order valence-corrected chi connectivity index (χ2v) is 5.83. The molecule has 4 heteroatoms. The van der Waals surface area contributed by atoms with Gasteiger partial charge in [0.25, 0.3) is 0 Å². The third kappa shape index (κ3) is 9.36. The van der Waals surface area contributed by atoms with Crippen LogP contribution in [0, 0.1) is 6.92 Å². The van der Waals surface area contributed by atoms with Crippen LogP contribution in [0.1, 0.15) is 37.8 Å². The van der Waals surface area contributed by atoms with Crippen LogP contribution in [0.2, 0.25) is 0 Å². The van der Waals surface area contributed by atoms with Crippen LogP contribution in [0.25, 0.3) is 0 Å². The molecule has 0 aliphatic heterocycles. The van der Waals surface area contributed by atoms with E-state index in [0.717, 1.165) is 39.1 Å². The number of ether oxygens (including phenoxy) is 1. The summed E-state index contributed by atoms with van der Waals surface area (Å²) < 4.78 is 5.55. The number of rotatable bonds is 12. The van der Waals surface area contributed by atoms with E-state index in [1.807, 2.05) is 0 Å². The van der Waals surface area contributed by atoms with Crippen molar-refractivity contribution in [2.75, 3.05) is 39.4 Å². The van der Waals surface area contributed by atoms with Gasteiger partial charge in [-0.1, -0.05) is 43.7 Å². The highest BCUT2D eigenvalue weighted by atomic mass is 16.5. The van der Waals surface area contributed by atoms with Gasteiger partial charge in [-0.05, 0) is 38.4 Å². The molecule has 23 heavy (non-hydrogen) atoms. The molecule has 0 aromatic heterocycles. The smallest absolute Gasteiger partial charge is 0.220 e. The standard InChI is InChI=1S/C19H32N2O2/c1-4-21(5-2)14-16-23-15-13-20-19(22)8-6-7-18-11-9-17(3)10-12-18/h9-12H,4-8,13-16H2,1-3H3,(H,20,22). The number of hydrogen-bond donors (Lipinski definition) is 1. The van der Waals surface area contributed by atoms with Crippen molar-refractivity contribution in [2.24, 2.45) is 0 Å². The van der Waals surface area contributed by atoms with E-state index in [1.54, 1.807) is 0 Å². The lowest BCUT2D eigenvalue weighted by Crippen LogP contribution is -2.30. The first kappa shape index (κ1) is 19.7. The molecule has 1 aromatic rings. The molecule has 0 aliphatic rings. The van der Waals surface area contributed by atoms with Crippen LogP contribution in [0.15, 0.2) is 24.3 Å². The van der Waals surface area contributed by atoms with Gasteiger partial charge in [-0.3, -0.25) is 4.79 Å². The fraction of sp³-hybridized carbons (Fsp3) is 0.632. The highest BCUT2D eigenvalue weighted by Crippen LogP contribution is 2.07. The molecule has 1 rings (SSSR count). The van der Waals surface area contributed by atoms with Crippen LogP contribution < -0.4 is 5.32 Å². The van der Waals surface area contributed by atoms with E-state index in [9.17, 15) is 4.79 Å². The minimum absolute atomic E-state index is 0.115. The average Bonchev–Trinajstić information content (AvgIpc) is 2.56. The zero-order valence-corrected chi connectivity index (χ0v) is 14.9. The molecular weight excluding hydrogens is 288 g/mol. The topological polar surface area (TPSA) is 41.6 Å². The number of nitrogens with zero attached hydrogens (tertiary/aromatic N) is 1. The Hall–Kier alpha value is -1.39. The van der Waals surface area contributed by atoms with Crippen molar-refractivity contribution in [3.8, 4) is 0 Å². The quantitative estimate of drug-likeness (QED) is 0.602. The van der Waals surface area contributed by atoms with Gasteiger partial charge in [0.15, 0.2) is 0 Å². The van der Waals surface area contributed by atoms with Crippen molar-refractivity contribution in [3.63, 3.8) is 0 Å². The van der Waals surface area contributed by atoms with Crippen molar-refractivity contribution >= 4 is 5.91 Å². The highest BCUT2D eigenvalue weighted by Gasteiger charge is 2.02. The second kappa shape index (κ2) is 12.1. The Bertz CT molecular complexity index is 428. The Morgan fingerprint density at radius 2 is 1.83 bits per heavy atom. The first-order valence-corrected chi connectivity index (χ1v) is 8.78. The molecule has 0 fully saturated rings. The van der Waals surface area contributed by atoms with Crippen molar-refractivity contribution in [1.82, 2.24) is 10.2 Å². The average molecular weight is 320 g/mol. The minimum atomic E-state index is 0.115. The number of carbonyl (C=O) groups excluding carboxylic acids is 1. The predicted octanol–water partition coefficient (Wildman–Crippen LogP) is 2.79. The van der Waals surface area contributed by atoms with Gasteiger partial charge in [0.1, 0.15) is 0 Å². The number of amides is 1. The van der Waals surface area contributed by atoms with Crippen LogP contribution in [0.4, 0.5) is 0 Å². The third-order valence-corrected chi connectivity index (χ3v) is 4.00. The van der Waals surface area contributed by atoms with Gasteiger partial charge in [0, 0.05) is 19.5 Å². The van der Waals surface area contributed by atoms with Crippen molar-refractivity contribution in [1.29, 1.82) is 0 Å². The van der Waals surface area contributed by atoms with E-state index in [0.29, 0.717) is 19.6 Å². The Balaban J connectivity index is 1.99. The molecule has 0 aliphatic carbocycles. The summed E-state index contributed by atoms with van der Waals surface area (Å²) in [4.78, 5) is 14.1. The van der Waals surface area contributed by atoms with Crippen LogP contribution in [0.5, 0.6) is 0 Å². The monoisotopic (exact) mass is 320 g/mol. The maximum absolute atomic E-state index is 11.7. The number of benzene rings is 1. The summed E-state index contributed by atoms with van der Waals surface area (Å²) >= 11 is 0. The molecule has 1 N–H and O–H groups in total. The van der Waals surface area contributed by atoms with Crippen molar-refractivity contribution in [2.45, 2.75) is 40.0 Å². The first-order valence-electron chi connectivity index (χ1n) is 8.78. The Morgan fingerprint density at radius 1 is 1.13 bits per heavy atom. The fourth-order valence-corrected chi connectivity index (χ4v) is 2.39. The number of carbonyl (C=O) groups is 1. The summed E-state index contributed by atoms with van der Waals surface area (Å²) in [5.41, 5.74) is 2.57. The number of likely N-dealkylation sites (N-methyl/N-ethyl adjacent to an activating group) is 1. The summed E-state index contributed by atoms with van der Waals surface area (Å²) in [6, 6.07) is 8.50. The van der Waals surface area contributed by atoms with Gasteiger partial charge >= 0.3 is 0 Å². The van der Waals surface area contributed by atoms with Crippen LogP contribution in [0.3, 0.4) is 0 Å². The van der Waals surface area contributed by atoms with Crippen molar-refractivity contribution in [3.05, 3.63) is 35.4 Å². The molecule has 0 unspecified atom stereocenters. The number of nitrogens with one attached hydrogen (secondary N) is 1. The van der Waals surface area contributed by atoms with Crippen molar-refractivity contribution < 1.29 is 9.53 Å². The summed E-state index contributed by atoms with van der Waals surface area (Å²) in [6.07, 6.45) is 2.42. The molecular formula is C19H32N2O2. The SMILES string of the molecule is CCN(CC)CCOCCNC(=O)CCCc1ccc(C)cc1. The molecule has 0 saturated carbocycles. The summed E-state index contributed by atoms with van der Waals surface area (Å²) in [6.45, 7) is 11.4. The fourth-order valence-electron chi connectivity index (χ4n) is 2.39. The van der Waals surface area contributed by atoms with Crippen LogP contribution in [-0.4, -0.2) is 50.2 Å². The van der Waals surface area contributed by atoms with E-state index < -0.39 is 0 Å². The summed E-state index contributed by atoms with van der Waals surface area (Å²) in [5, 5.41) is 2.92. The second-order valence-electron chi connectivity index (χ2n) is 5.83. The normalized spacial score (nSPS) is 11.0. The lowest BCUT2D eigenvalue weighted by molar-refractivity contribution is -0.121. The minimum Gasteiger partial charge on any atom is -0.378 e. The molecule has 0 radical (unpaired) electrons. The van der Waals surface area contributed by atoms with Gasteiger partial charge in [-0.25, -0.2) is 0 Å². The zero-order valence-electron chi connectivity index (χ0n) is 14.9.